The van der Waals surface area contributed by atoms with Crippen LogP contribution in [0.1, 0.15) is 90.1 Å². The number of nitrogens with zero attached hydrogens (tertiary/aromatic N) is 5. The fourth-order valence-electron chi connectivity index (χ4n) is 6.24. The standard InChI is InChI=1S/C44H47N5.Pt/c1-27-16-14-17-28(2)37(27)39-38(45-34-20-12-13-21-35(34)46-39)36-25-23-32(44(9,10)11)41(48-36)49-40-31(43(6,7)8)22-24-33(47-40)29-18-15-19-30(26-29)42(3,4)5;/h12-17,19-26H,1-11H3;/q-2;+2. The fourth-order valence-corrected chi connectivity index (χ4v) is 6.24. The second-order valence-corrected chi connectivity index (χ2v) is 16.2. The second kappa shape index (κ2) is 13.8. The molecule has 0 unspecified atom stereocenters. The van der Waals surface area contributed by atoms with Crippen LogP contribution in [-0.2, 0) is 37.3 Å². The summed E-state index contributed by atoms with van der Waals surface area (Å²) in [5.74, 6) is 0.634. The molecule has 6 aromatic rings. The van der Waals surface area contributed by atoms with Crippen LogP contribution < -0.4 is 10.5 Å². The third kappa shape index (κ3) is 7.59. The summed E-state index contributed by atoms with van der Waals surface area (Å²) in [7, 11) is 0. The summed E-state index contributed by atoms with van der Waals surface area (Å²) in [5, 5.41) is 0. The molecule has 0 aliphatic heterocycles. The number of aromatic nitrogens is 4. The van der Waals surface area contributed by atoms with Crippen LogP contribution in [0.3, 0.4) is 0 Å². The predicted octanol–water partition coefficient (Wildman–Crippen LogP) is 10.5. The summed E-state index contributed by atoms with van der Waals surface area (Å²) in [4.78, 5) is 26.3. The Morgan fingerprint density at radius 3 is 1.82 bits per heavy atom. The maximum Gasteiger partial charge on any atom is 2.00 e. The molecule has 6 heteroatoms. The zero-order valence-electron chi connectivity index (χ0n) is 31.1. The molecule has 0 aliphatic carbocycles. The van der Waals surface area contributed by atoms with Crippen LogP contribution in [0.5, 0.6) is 0 Å². The molecule has 0 radical (unpaired) electrons. The number of hydrogen-bond acceptors (Lipinski definition) is 4. The van der Waals surface area contributed by atoms with Crippen LogP contribution in [0.4, 0.5) is 5.82 Å². The molecule has 0 saturated carbocycles. The molecule has 258 valence electrons. The minimum atomic E-state index is -0.219. The van der Waals surface area contributed by atoms with Gasteiger partial charge in [-0.05, 0) is 70.5 Å². The van der Waals surface area contributed by atoms with Crippen molar-refractivity contribution in [3.05, 3.63) is 124 Å². The van der Waals surface area contributed by atoms with Crippen LogP contribution in [0.25, 0.3) is 44.9 Å². The van der Waals surface area contributed by atoms with Gasteiger partial charge in [-0.25, -0.2) is 9.97 Å². The number of fused-ring (bicyclic) bond motifs is 1. The number of benzene rings is 3. The van der Waals surface area contributed by atoms with Crippen molar-refractivity contribution >= 4 is 16.9 Å². The van der Waals surface area contributed by atoms with Crippen LogP contribution in [0.15, 0.2) is 89.9 Å². The van der Waals surface area contributed by atoms with Crippen molar-refractivity contribution in [1.29, 1.82) is 0 Å². The maximum absolute atomic E-state index is 5.33. The Kier molecular flexibility index (Phi) is 10.3. The van der Waals surface area contributed by atoms with Gasteiger partial charge in [0.15, 0.2) is 0 Å². The van der Waals surface area contributed by atoms with Crippen molar-refractivity contribution in [2.24, 2.45) is 4.99 Å². The third-order valence-electron chi connectivity index (χ3n) is 9.05. The molecular weight excluding hydrogens is 794 g/mol. The van der Waals surface area contributed by atoms with Crippen LogP contribution >= 0.6 is 0 Å². The van der Waals surface area contributed by atoms with Crippen molar-refractivity contribution < 1.29 is 21.1 Å². The Hall–Kier alpha value is -4.21. The average Bonchev–Trinajstić information content (AvgIpc) is 3.03. The average molecular weight is 841 g/mol. The fraction of sp³-hybridized carbons (Fsp3) is 0.318. The Balaban J connectivity index is 0.00000486. The molecule has 0 spiro atoms. The van der Waals surface area contributed by atoms with Gasteiger partial charge in [-0.15, -0.1) is 47.2 Å². The van der Waals surface area contributed by atoms with Gasteiger partial charge < -0.3 is 9.98 Å². The number of hydrogen-bond donors (Lipinski definition) is 0. The zero-order valence-corrected chi connectivity index (χ0v) is 33.4. The van der Waals surface area contributed by atoms with Gasteiger partial charge >= 0.3 is 21.1 Å². The summed E-state index contributed by atoms with van der Waals surface area (Å²) in [5.41, 5.74) is 12.7. The normalized spacial score (nSPS) is 12.7. The Morgan fingerprint density at radius 2 is 1.22 bits per heavy atom. The van der Waals surface area contributed by atoms with Crippen molar-refractivity contribution in [1.82, 2.24) is 19.9 Å². The topological polar surface area (TPSA) is 65.1 Å². The number of aryl methyl sites for hydroxylation is 2. The van der Waals surface area contributed by atoms with E-state index in [1.807, 2.05) is 30.3 Å². The molecule has 0 fully saturated rings. The quantitative estimate of drug-likeness (QED) is 0.166. The molecule has 5 nitrogen and oxygen atoms in total. The number of rotatable bonds is 4. The van der Waals surface area contributed by atoms with E-state index in [1.54, 1.807) is 0 Å². The predicted molar refractivity (Wildman–Crippen MR) is 203 cm³/mol. The van der Waals surface area contributed by atoms with E-state index < -0.39 is 0 Å². The molecule has 0 atom stereocenters. The van der Waals surface area contributed by atoms with Gasteiger partial charge in [-0.2, -0.15) is 0 Å². The minimum absolute atomic E-state index is 0. The van der Waals surface area contributed by atoms with Gasteiger partial charge in [0.1, 0.15) is 5.69 Å². The Bertz CT molecular complexity index is 2240. The molecule has 3 heterocycles. The molecule has 0 N–H and O–H groups in total. The van der Waals surface area contributed by atoms with E-state index in [9.17, 15) is 0 Å². The minimum Gasteiger partial charge on any atom is -0.482 e. The SMILES string of the molecule is Cc1cccc(C)c1-c1nc2ccccc2nc1-c1ccc(C(C)(C)C)c(/N=c2\[n-]c(-c3[c-]ccc(C(C)(C)C)c3)ccc2C(C)(C)C)n1.[Pt+2]. The van der Waals surface area contributed by atoms with E-state index >= 15 is 0 Å². The summed E-state index contributed by atoms with van der Waals surface area (Å²) in [6.45, 7) is 24.1. The number of pyridine rings is 2. The zero-order chi connectivity index (χ0) is 35.3. The molecule has 6 rings (SSSR count). The Labute approximate surface area is 312 Å². The van der Waals surface area contributed by atoms with Crippen LogP contribution in [0, 0.1) is 19.9 Å². The van der Waals surface area contributed by atoms with Crippen molar-refractivity contribution in [3.63, 3.8) is 0 Å². The van der Waals surface area contributed by atoms with Crippen LogP contribution in [0.2, 0.25) is 0 Å². The van der Waals surface area contributed by atoms with Crippen LogP contribution in [-0.4, -0.2) is 15.0 Å². The molecule has 50 heavy (non-hydrogen) atoms. The van der Waals surface area contributed by atoms with Crippen molar-refractivity contribution in [2.75, 3.05) is 0 Å². The van der Waals surface area contributed by atoms with Gasteiger partial charge in [-0.3, -0.25) is 4.98 Å². The first-order valence-corrected chi connectivity index (χ1v) is 17.1. The van der Waals surface area contributed by atoms with Crippen molar-refractivity contribution in [2.45, 2.75) is 92.4 Å². The maximum atomic E-state index is 5.33. The van der Waals surface area contributed by atoms with Crippen molar-refractivity contribution in [3.8, 4) is 33.9 Å². The monoisotopic (exact) mass is 840 g/mol. The van der Waals surface area contributed by atoms with E-state index in [4.69, 9.17) is 24.9 Å². The first-order valence-electron chi connectivity index (χ1n) is 17.1. The smallest absolute Gasteiger partial charge is 0.482 e. The first kappa shape index (κ1) is 37.1. The van der Waals surface area contributed by atoms with E-state index in [0.717, 1.165) is 67.2 Å². The Morgan fingerprint density at radius 1 is 0.620 bits per heavy atom. The van der Waals surface area contributed by atoms with Gasteiger partial charge in [0.2, 0.25) is 0 Å². The summed E-state index contributed by atoms with van der Waals surface area (Å²) in [6.07, 6.45) is 0. The largest absolute Gasteiger partial charge is 2.00 e. The van der Waals surface area contributed by atoms with Gasteiger partial charge in [0.25, 0.3) is 0 Å². The van der Waals surface area contributed by atoms with Gasteiger partial charge in [0.05, 0.1) is 28.2 Å². The molecule has 0 bridgehead atoms. The van der Waals surface area contributed by atoms with E-state index in [0.29, 0.717) is 11.3 Å². The molecular formula is C44H47N5Pt. The molecule has 0 aliphatic rings. The summed E-state index contributed by atoms with van der Waals surface area (Å²) in [6, 6.07) is 32.6. The van der Waals surface area contributed by atoms with E-state index in [-0.39, 0.29) is 37.3 Å². The number of para-hydroxylation sites is 2. The summed E-state index contributed by atoms with van der Waals surface area (Å²) < 4.78 is 0. The molecule has 3 aromatic carbocycles. The first-order chi connectivity index (χ1) is 23.0. The third-order valence-corrected chi connectivity index (χ3v) is 9.05. The molecule has 3 aromatic heterocycles. The second-order valence-electron chi connectivity index (χ2n) is 16.2. The van der Waals surface area contributed by atoms with E-state index in [2.05, 4.69) is 137 Å². The van der Waals surface area contributed by atoms with E-state index in [1.165, 1.54) is 5.56 Å². The summed E-state index contributed by atoms with van der Waals surface area (Å²) >= 11 is 0. The molecule has 0 amide bonds. The van der Waals surface area contributed by atoms with Gasteiger partial charge in [-0.1, -0.05) is 110 Å². The molecule has 0 saturated heterocycles. The van der Waals surface area contributed by atoms with Gasteiger partial charge in [0, 0.05) is 5.56 Å².